The van der Waals surface area contributed by atoms with Crippen molar-refractivity contribution in [1.82, 2.24) is 20.1 Å². The molecule has 0 unspecified atom stereocenters. The third-order valence-corrected chi connectivity index (χ3v) is 5.25. The second-order valence-electron chi connectivity index (χ2n) is 7.55. The molecule has 3 aromatic rings. The van der Waals surface area contributed by atoms with Gasteiger partial charge in [0.2, 0.25) is 0 Å². The molecule has 1 aliphatic heterocycles. The van der Waals surface area contributed by atoms with Crippen LogP contribution >= 0.6 is 0 Å². The van der Waals surface area contributed by atoms with E-state index in [9.17, 15) is 18.0 Å². The Morgan fingerprint density at radius 2 is 1.77 bits per heavy atom. The van der Waals surface area contributed by atoms with E-state index >= 15 is 0 Å². The molecule has 4 rings (SSSR count). The number of hydrogen-bond acceptors (Lipinski definition) is 4. The van der Waals surface area contributed by atoms with E-state index in [1.54, 1.807) is 18.3 Å². The van der Waals surface area contributed by atoms with E-state index in [4.69, 9.17) is 0 Å². The van der Waals surface area contributed by atoms with Gasteiger partial charge in [0.1, 0.15) is 5.82 Å². The summed E-state index contributed by atoms with van der Waals surface area (Å²) in [5, 5.41) is 6.38. The van der Waals surface area contributed by atoms with Gasteiger partial charge >= 0.3 is 6.18 Å². The second kappa shape index (κ2) is 8.41. The molecule has 0 atom stereocenters. The van der Waals surface area contributed by atoms with Gasteiger partial charge in [-0.25, -0.2) is 9.67 Å². The maximum atomic E-state index is 13.8. The van der Waals surface area contributed by atoms with Crippen molar-refractivity contribution in [1.29, 1.82) is 0 Å². The van der Waals surface area contributed by atoms with E-state index in [1.807, 2.05) is 19.1 Å². The first-order valence-electron chi connectivity index (χ1n) is 10.0. The van der Waals surface area contributed by atoms with Crippen LogP contribution in [0.25, 0.3) is 5.69 Å². The largest absolute Gasteiger partial charge is 0.434 e. The van der Waals surface area contributed by atoms with Gasteiger partial charge in [-0.15, -0.1) is 0 Å². The minimum atomic E-state index is -4.74. The summed E-state index contributed by atoms with van der Waals surface area (Å²) in [6, 6.07) is 10.1. The molecule has 0 bridgehead atoms. The van der Waals surface area contributed by atoms with Crippen molar-refractivity contribution in [2.75, 3.05) is 18.0 Å². The summed E-state index contributed by atoms with van der Waals surface area (Å²) in [6.07, 6.45) is 0.114. The molecule has 0 radical (unpaired) electrons. The van der Waals surface area contributed by atoms with Crippen LogP contribution in [-0.4, -0.2) is 33.8 Å². The molecule has 6 nitrogen and oxygen atoms in total. The molecule has 162 valence electrons. The summed E-state index contributed by atoms with van der Waals surface area (Å²) in [7, 11) is 0. The maximum absolute atomic E-state index is 13.8. The third kappa shape index (κ3) is 4.55. The van der Waals surface area contributed by atoms with Crippen molar-refractivity contribution in [2.24, 2.45) is 0 Å². The monoisotopic (exact) mass is 429 g/mol. The van der Waals surface area contributed by atoms with E-state index in [2.05, 4.69) is 20.3 Å². The van der Waals surface area contributed by atoms with Crippen molar-refractivity contribution in [3.63, 3.8) is 0 Å². The molecule has 1 N–H and O–H groups in total. The van der Waals surface area contributed by atoms with E-state index in [-0.39, 0.29) is 12.2 Å². The Labute approximate surface area is 177 Å². The van der Waals surface area contributed by atoms with Crippen molar-refractivity contribution >= 4 is 11.7 Å². The normalized spacial score (nSPS) is 14.1. The van der Waals surface area contributed by atoms with Crippen molar-refractivity contribution < 1.29 is 18.0 Å². The van der Waals surface area contributed by atoms with Gasteiger partial charge in [-0.05, 0) is 43.5 Å². The Morgan fingerprint density at radius 1 is 1.06 bits per heavy atom. The number of rotatable bonds is 5. The molecule has 1 saturated heterocycles. The molecule has 1 fully saturated rings. The van der Waals surface area contributed by atoms with Crippen LogP contribution in [0, 0.1) is 6.92 Å². The lowest BCUT2D eigenvalue weighted by Gasteiger charge is -2.16. The Hall–Kier alpha value is -3.36. The number of nitrogens with zero attached hydrogens (tertiary/aromatic N) is 4. The standard InChI is InChI=1S/C22H22F3N5O/c1-15-4-7-17(8-5-15)30-20(22(23,24)25)18(14-28-30)21(31)27-13-16-6-9-19(26-12-16)29-10-2-3-11-29/h4-9,12,14H,2-3,10-11,13H2,1H3,(H,27,31). The first kappa shape index (κ1) is 20.9. The molecule has 0 spiro atoms. The van der Waals surface area contributed by atoms with Gasteiger partial charge in [0, 0.05) is 25.8 Å². The van der Waals surface area contributed by atoms with Gasteiger partial charge in [-0.1, -0.05) is 23.8 Å². The Bertz CT molecular complexity index is 1050. The van der Waals surface area contributed by atoms with Crippen LogP contribution < -0.4 is 10.2 Å². The minimum Gasteiger partial charge on any atom is -0.357 e. The number of benzene rings is 1. The zero-order valence-electron chi connectivity index (χ0n) is 17.0. The number of aryl methyl sites for hydroxylation is 1. The van der Waals surface area contributed by atoms with Crippen molar-refractivity contribution in [2.45, 2.75) is 32.5 Å². The van der Waals surface area contributed by atoms with E-state index in [1.165, 1.54) is 12.1 Å². The van der Waals surface area contributed by atoms with Crippen molar-refractivity contribution in [3.8, 4) is 5.69 Å². The van der Waals surface area contributed by atoms with Crippen molar-refractivity contribution in [3.05, 3.63) is 71.2 Å². The highest BCUT2D eigenvalue weighted by molar-refractivity contribution is 5.95. The van der Waals surface area contributed by atoms with Crippen LogP contribution in [0.1, 0.15) is 40.0 Å². The average Bonchev–Trinajstić information content (AvgIpc) is 3.43. The van der Waals surface area contributed by atoms with Gasteiger partial charge in [0.05, 0.1) is 17.4 Å². The number of alkyl halides is 3. The van der Waals surface area contributed by atoms with Gasteiger partial charge < -0.3 is 10.2 Å². The molecule has 9 heteroatoms. The second-order valence-corrected chi connectivity index (χ2v) is 7.55. The summed E-state index contributed by atoms with van der Waals surface area (Å²) < 4.78 is 42.1. The number of hydrogen-bond donors (Lipinski definition) is 1. The Morgan fingerprint density at radius 3 is 2.39 bits per heavy atom. The average molecular weight is 429 g/mol. The van der Waals surface area contributed by atoms with E-state index < -0.39 is 23.3 Å². The molecule has 31 heavy (non-hydrogen) atoms. The molecular weight excluding hydrogens is 407 g/mol. The highest BCUT2D eigenvalue weighted by Gasteiger charge is 2.40. The summed E-state index contributed by atoms with van der Waals surface area (Å²) >= 11 is 0. The summed E-state index contributed by atoms with van der Waals surface area (Å²) in [5.74, 6) is 0.0283. The summed E-state index contributed by atoms with van der Waals surface area (Å²) in [5.41, 5.74) is 0.229. The summed E-state index contributed by atoms with van der Waals surface area (Å²) in [6.45, 7) is 3.84. The number of amides is 1. The lowest BCUT2D eigenvalue weighted by molar-refractivity contribution is -0.143. The molecule has 0 aliphatic carbocycles. The van der Waals surface area contributed by atoms with E-state index in [0.29, 0.717) is 5.56 Å². The van der Waals surface area contributed by atoms with Gasteiger partial charge in [0.25, 0.3) is 5.91 Å². The maximum Gasteiger partial charge on any atom is 0.434 e. The fraction of sp³-hybridized carbons (Fsp3) is 0.318. The Balaban J connectivity index is 1.51. The van der Waals surface area contributed by atoms with Crippen LogP contribution in [0.4, 0.5) is 19.0 Å². The number of pyridine rings is 1. The molecule has 1 amide bonds. The number of nitrogens with one attached hydrogen (secondary N) is 1. The topological polar surface area (TPSA) is 63.1 Å². The lowest BCUT2D eigenvalue weighted by atomic mass is 10.2. The fourth-order valence-electron chi connectivity index (χ4n) is 3.60. The van der Waals surface area contributed by atoms with Gasteiger partial charge in [-0.3, -0.25) is 4.79 Å². The zero-order chi connectivity index (χ0) is 22.0. The van der Waals surface area contributed by atoms with Crippen LogP contribution in [0.2, 0.25) is 0 Å². The highest BCUT2D eigenvalue weighted by Crippen LogP contribution is 2.33. The van der Waals surface area contributed by atoms with Crippen LogP contribution in [-0.2, 0) is 12.7 Å². The fourth-order valence-corrected chi connectivity index (χ4v) is 3.60. The number of anilines is 1. The van der Waals surface area contributed by atoms with Crippen LogP contribution in [0.15, 0.2) is 48.8 Å². The first-order chi connectivity index (χ1) is 14.8. The predicted octanol–water partition coefficient (Wildman–Crippen LogP) is 4.12. The minimum absolute atomic E-state index is 0.0686. The summed E-state index contributed by atoms with van der Waals surface area (Å²) in [4.78, 5) is 19.1. The zero-order valence-corrected chi connectivity index (χ0v) is 17.0. The lowest BCUT2D eigenvalue weighted by Crippen LogP contribution is -2.26. The molecule has 3 heterocycles. The molecule has 2 aromatic heterocycles. The number of carbonyl (C=O) groups is 1. The molecule has 0 saturated carbocycles. The number of carbonyl (C=O) groups excluding carboxylic acids is 1. The smallest absolute Gasteiger partial charge is 0.357 e. The van der Waals surface area contributed by atoms with Crippen LogP contribution in [0.5, 0.6) is 0 Å². The number of aromatic nitrogens is 3. The molecule has 1 aliphatic rings. The van der Waals surface area contributed by atoms with Gasteiger partial charge in [0.15, 0.2) is 5.69 Å². The SMILES string of the molecule is Cc1ccc(-n2ncc(C(=O)NCc3ccc(N4CCCC4)nc3)c2C(F)(F)F)cc1. The van der Waals surface area contributed by atoms with Gasteiger partial charge in [-0.2, -0.15) is 18.3 Å². The third-order valence-electron chi connectivity index (χ3n) is 5.25. The van der Waals surface area contributed by atoms with E-state index in [0.717, 1.165) is 48.2 Å². The number of halogens is 3. The Kier molecular flexibility index (Phi) is 5.67. The highest BCUT2D eigenvalue weighted by atomic mass is 19.4. The molecule has 1 aromatic carbocycles. The van der Waals surface area contributed by atoms with Crippen LogP contribution in [0.3, 0.4) is 0 Å². The predicted molar refractivity (Wildman–Crippen MR) is 110 cm³/mol. The molecular formula is C22H22F3N5O. The quantitative estimate of drug-likeness (QED) is 0.663. The first-order valence-corrected chi connectivity index (χ1v) is 10.0.